The van der Waals surface area contributed by atoms with Gasteiger partial charge < -0.3 is 19.9 Å². The van der Waals surface area contributed by atoms with E-state index in [9.17, 15) is 14.4 Å². The first kappa shape index (κ1) is 26.5. The molecule has 1 aliphatic rings. The minimum absolute atomic E-state index is 0.0464. The van der Waals surface area contributed by atoms with Gasteiger partial charge in [0, 0.05) is 28.3 Å². The maximum absolute atomic E-state index is 14.0. The molecule has 8 heteroatoms. The van der Waals surface area contributed by atoms with Gasteiger partial charge in [0.25, 0.3) is 0 Å². The molecule has 2 N–H and O–H groups in total. The third-order valence-electron chi connectivity index (χ3n) is 6.23. The third kappa shape index (κ3) is 5.98. The summed E-state index contributed by atoms with van der Waals surface area (Å²) in [5.74, 6) is -0.434. The zero-order valence-electron chi connectivity index (χ0n) is 21.0. The smallest absolute Gasteiger partial charge is 0.336 e. The molecule has 0 aliphatic carbocycles. The average molecular weight is 553 g/mol. The fourth-order valence-electron chi connectivity index (χ4n) is 4.29. The summed E-state index contributed by atoms with van der Waals surface area (Å²) >= 11 is 5.89. The van der Waals surface area contributed by atoms with Gasteiger partial charge in [0.1, 0.15) is 41.3 Å². The number of halogens is 2. The van der Waals surface area contributed by atoms with Crippen LogP contribution in [-0.2, 0) is 11.4 Å². The number of fused-ring (bicyclic) bond motifs is 1. The first-order chi connectivity index (χ1) is 19.4. The Balaban J connectivity index is 1.37. The molecule has 4 aromatic carbocycles. The average Bonchev–Trinajstić information content (AvgIpc) is 2.96. The maximum Gasteiger partial charge on any atom is 0.336 e. The molecule has 0 spiro atoms. The van der Waals surface area contributed by atoms with E-state index >= 15 is 0 Å². The van der Waals surface area contributed by atoms with Crippen LogP contribution in [0.15, 0.2) is 109 Å². The summed E-state index contributed by atoms with van der Waals surface area (Å²) in [7, 11) is 0. The van der Waals surface area contributed by atoms with Gasteiger partial charge in [-0.15, -0.1) is 0 Å². The number of benzene rings is 4. The van der Waals surface area contributed by atoms with E-state index in [4.69, 9.17) is 31.5 Å². The van der Waals surface area contributed by atoms with Gasteiger partial charge in [-0.2, -0.15) is 5.26 Å². The molecule has 0 aromatic heterocycles. The van der Waals surface area contributed by atoms with E-state index in [2.05, 4.69) is 6.07 Å². The predicted octanol–water partition coefficient (Wildman–Crippen LogP) is 6.90. The summed E-state index contributed by atoms with van der Waals surface area (Å²) in [5, 5.41) is 10.5. The van der Waals surface area contributed by atoms with Gasteiger partial charge in [-0.25, -0.2) is 9.18 Å². The van der Waals surface area contributed by atoms with Gasteiger partial charge in [0.15, 0.2) is 0 Å². The quantitative estimate of drug-likeness (QED) is 0.152. The standard InChI is InChI=1S/C32H22ClFN2O4/c33-23-11-8-20(9-12-23)10-15-30(37)39-25-13-14-26-29(17-25)40-32(36)27(18-35)31(26)21-5-3-6-24(16-21)38-19-22-4-1-2-7-28(22)34/h1-17,31H,19,36H2/b15-10+. The minimum Gasteiger partial charge on any atom is -0.489 e. The van der Waals surface area contributed by atoms with E-state index in [1.165, 1.54) is 12.1 Å². The van der Waals surface area contributed by atoms with E-state index in [1.54, 1.807) is 84.9 Å². The Morgan fingerprint density at radius 3 is 2.60 bits per heavy atom. The molecule has 198 valence electrons. The molecule has 4 aromatic rings. The van der Waals surface area contributed by atoms with E-state index in [1.807, 2.05) is 6.07 Å². The van der Waals surface area contributed by atoms with Gasteiger partial charge in [-0.3, -0.25) is 0 Å². The number of nitriles is 1. The first-order valence-corrected chi connectivity index (χ1v) is 12.6. The maximum atomic E-state index is 14.0. The molecule has 6 nitrogen and oxygen atoms in total. The Bertz CT molecular complexity index is 1680. The lowest BCUT2D eigenvalue weighted by Gasteiger charge is -2.27. The Kier molecular flexibility index (Phi) is 7.81. The van der Waals surface area contributed by atoms with Crippen molar-refractivity contribution >= 4 is 23.6 Å². The molecule has 40 heavy (non-hydrogen) atoms. The number of ether oxygens (including phenoxy) is 3. The number of esters is 1. The lowest BCUT2D eigenvalue weighted by Crippen LogP contribution is -2.21. The molecule has 1 unspecified atom stereocenters. The molecule has 0 saturated carbocycles. The van der Waals surface area contributed by atoms with E-state index < -0.39 is 11.9 Å². The largest absolute Gasteiger partial charge is 0.489 e. The van der Waals surface area contributed by atoms with Crippen molar-refractivity contribution in [3.63, 3.8) is 0 Å². The Hall–Kier alpha value is -5.06. The summed E-state index contributed by atoms with van der Waals surface area (Å²) in [5.41, 5.74) is 8.97. The lowest BCUT2D eigenvalue weighted by molar-refractivity contribution is -0.128. The van der Waals surface area contributed by atoms with E-state index in [-0.39, 0.29) is 29.6 Å². The highest BCUT2D eigenvalue weighted by Crippen LogP contribution is 2.44. The molecule has 5 rings (SSSR count). The summed E-state index contributed by atoms with van der Waals surface area (Å²) in [4.78, 5) is 12.4. The SMILES string of the molecule is N#CC1=C(N)Oc2cc(OC(=O)/C=C/c3ccc(Cl)cc3)ccc2C1c1cccc(OCc2ccccc2F)c1. The van der Waals surface area contributed by atoms with Gasteiger partial charge in [0.2, 0.25) is 5.88 Å². The van der Waals surface area contributed by atoms with Crippen LogP contribution in [0.25, 0.3) is 6.08 Å². The zero-order valence-corrected chi connectivity index (χ0v) is 21.8. The number of allylic oxidation sites excluding steroid dienone is 1. The van der Waals surface area contributed by atoms with Gasteiger partial charge in [-0.05, 0) is 53.6 Å². The predicted molar refractivity (Wildman–Crippen MR) is 149 cm³/mol. The summed E-state index contributed by atoms with van der Waals surface area (Å²) in [6.45, 7) is 0.0464. The van der Waals surface area contributed by atoms with Gasteiger partial charge in [0.05, 0.1) is 5.92 Å². The van der Waals surface area contributed by atoms with Crippen LogP contribution in [0.3, 0.4) is 0 Å². The van der Waals surface area contributed by atoms with Crippen molar-refractivity contribution in [2.45, 2.75) is 12.5 Å². The van der Waals surface area contributed by atoms with Crippen molar-refractivity contribution in [1.29, 1.82) is 5.26 Å². The Labute approximate surface area is 235 Å². The Morgan fingerprint density at radius 2 is 1.82 bits per heavy atom. The van der Waals surface area contributed by atoms with Crippen molar-refractivity contribution in [3.05, 3.63) is 142 Å². The molecule has 1 aliphatic heterocycles. The normalized spacial score (nSPS) is 14.3. The highest BCUT2D eigenvalue weighted by molar-refractivity contribution is 6.30. The molecule has 0 saturated heterocycles. The number of hydrogen-bond donors (Lipinski definition) is 1. The fourth-order valence-corrected chi connectivity index (χ4v) is 4.42. The summed E-state index contributed by atoms with van der Waals surface area (Å²) < 4.78 is 31.1. The van der Waals surface area contributed by atoms with E-state index in [0.29, 0.717) is 27.6 Å². The van der Waals surface area contributed by atoms with Gasteiger partial charge in [-0.1, -0.05) is 60.1 Å². The Morgan fingerprint density at radius 1 is 1.02 bits per heavy atom. The topological polar surface area (TPSA) is 94.6 Å². The lowest BCUT2D eigenvalue weighted by atomic mass is 9.83. The summed E-state index contributed by atoms with van der Waals surface area (Å²) in [6, 6.07) is 27.6. The number of carbonyl (C=O) groups excluding carboxylic acids is 1. The highest BCUT2D eigenvalue weighted by Gasteiger charge is 2.31. The molecule has 0 amide bonds. The van der Waals surface area contributed by atoms with Crippen LogP contribution in [0.2, 0.25) is 5.02 Å². The summed E-state index contributed by atoms with van der Waals surface area (Å²) in [6.07, 6.45) is 2.92. The van der Waals surface area contributed by atoms with Crippen molar-refractivity contribution in [2.75, 3.05) is 0 Å². The number of hydrogen-bond acceptors (Lipinski definition) is 6. The van der Waals surface area contributed by atoms with Crippen LogP contribution >= 0.6 is 11.6 Å². The second-order valence-electron chi connectivity index (χ2n) is 8.88. The number of carbonyl (C=O) groups is 1. The van der Waals surface area contributed by atoms with Crippen LogP contribution in [0.5, 0.6) is 17.2 Å². The molecule has 0 radical (unpaired) electrons. The van der Waals surface area contributed by atoms with Crippen LogP contribution < -0.4 is 19.9 Å². The second kappa shape index (κ2) is 11.8. The fraction of sp³-hybridized carbons (Fsp3) is 0.0625. The number of rotatable bonds is 7. The molecule has 0 fully saturated rings. The van der Waals surface area contributed by atoms with Crippen molar-refractivity contribution in [3.8, 4) is 23.3 Å². The molecular formula is C32H22ClFN2O4. The van der Waals surface area contributed by atoms with Crippen LogP contribution in [0.1, 0.15) is 28.2 Å². The van der Waals surface area contributed by atoms with Crippen LogP contribution in [0, 0.1) is 17.1 Å². The van der Waals surface area contributed by atoms with Crippen LogP contribution in [-0.4, -0.2) is 5.97 Å². The third-order valence-corrected chi connectivity index (χ3v) is 6.49. The molecule has 0 bridgehead atoms. The molecular weight excluding hydrogens is 531 g/mol. The van der Waals surface area contributed by atoms with Crippen molar-refractivity contribution < 1.29 is 23.4 Å². The van der Waals surface area contributed by atoms with Crippen molar-refractivity contribution in [2.24, 2.45) is 5.73 Å². The molecule has 1 atom stereocenters. The number of nitrogens with zero attached hydrogens (tertiary/aromatic N) is 1. The minimum atomic E-state index is -0.580. The van der Waals surface area contributed by atoms with Crippen LogP contribution in [0.4, 0.5) is 4.39 Å². The number of nitrogens with two attached hydrogens (primary N) is 1. The second-order valence-corrected chi connectivity index (χ2v) is 9.32. The van der Waals surface area contributed by atoms with E-state index in [0.717, 1.165) is 11.1 Å². The first-order valence-electron chi connectivity index (χ1n) is 12.2. The van der Waals surface area contributed by atoms with Crippen molar-refractivity contribution in [1.82, 2.24) is 0 Å². The van der Waals surface area contributed by atoms with Gasteiger partial charge >= 0.3 is 5.97 Å². The zero-order chi connectivity index (χ0) is 28.1. The molecule has 1 heterocycles. The highest BCUT2D eigenvalue weighted by atomic mass is 35.5. The monoisotopic (exact) mass is 552 g/mol.